The van der Waals surface area contributed by atoms with E-state index in [0.29, 0.717) is 12.1 Å². The summed E-state index contributed by atoms with van der Waals surface area (Å²) < 4.78 is 0. The van der Waals surface area contributed by atoms with Crippen LogP contribution in [0.2, 0.25) is 0 Å². The Bertz CT molecular complexity index is 187. The van der Waals surface area contributed by atoms with Crippen molar-refractivity contribution in [2.24, 2.45) is 0 Å². The van der Waals surface area contributed by atoms with Crippen LogP contribution in [-0.4, -0.2) is 35.6 Å². The average molecular weight is 182 g/mol. The maximum atomic E-state index is 3.86. The monoisotopic (exact) mass is 182 g/mol. The van der Waals surface area contributed by atoms with E-state index in [2.05, 4.69) is 44.5 Å². The van der Waals surface area contributed by atoms with E-state index in [0.717, 1.165) is 13.1 Å². The van der Waals surface area contributed by atoms with Gasteiger partial charge in [0.25, 0.3) is 0 Å². The second-order valence-electron chi connectivity index (χ2n) is 4.76. The van der Waals surface area contributed by atoms with E-state index >= 15 is 0 Å². The van der Waals surface area contributed by atoms with E-state index < -0.39 is 0 Å². The fraction of sp³-hybridized carbons (Fsp3) is 0.818. The summed E-state index contributed by atoms with van der Waals surface area (Å²) in [5, 5.41) is 3.54. The molecule has 0 bridgehead atoms. The van der Waals surface area contributed by atoms with Crippen LogP contribution in [0.1, 0.15) is 27.7 Å². The van der Waals surface area contributed by atoms with Gasteiger partial charge in [0, 0.05) is 30.7 Å². The number of hydrogen-bond acceptors (Lipinski definition) is 2. The van der Waals surface area contributed by atoms with Gasteiger partial charge in [0.2, 0.25) is 0 Å². The molecule has 1 fully saturated rings. The van der Waals surface area contributed by atoms with Crippen LogP contribution in [-0.2, 0) is 0 Å². The van der Waals surface area contributed by atoms with Crippen LogP contribution in [0.3, 0.4) is 0 Å². The fourth-order valence-electron chi connectivity index (χ4n) is 1.89. The highest BCUT2D eigenvalue weighted by Crippen LogP contribution is 2.17. The van der Waals surface area contributed by atoms with Gasteiger partial charge in [0.15, 0.2) is 0 Å². The molecule has 1 N–H and O–H groups in total. The Kier molecular flexibility index (Phi) is 3.14. The van der Waals surface area contributed by atoms with Gasteiger partial charge in [-0.3, -0.25) is 4.90 Å². The number of nitrogens with one attached hydrogen (secondary N) is 1. The first-order valence-electron chi connectivity index (χ1n) is 5.09. The van der Waals surface area contributed by atoms with E-state index in [4.69, 9.17) is 0 Å². The van der Waals surface area contributed by atoms with E-state index in [-0.39, 0.29) is 5.54 Å². The van der Waals surface area contributed by atoms with Crippen LogP contribution in [0.4, 0.5) is 0 Å². The molecule has 2 heteroatoms. The molecule has 2 nitrogen and oxygen atoms in total. The smallest absolute Gasteiger partial charge is 0.0253 e. The molecule has 0 aliphatic carbocycles. The van der Waals surface area contributed by atoms with Crippen LogP contribution in [0.15, 0.2) is 12.7 Å². The highest BCUT2D eigenvalue weighted by molar-refractivity contribution is 4.96. The highest BCUT2D eigenvalue weighted by atomic mass is 15.3. The Balaban J connectivity index is 2.65. The quantitative estimate of drug-likeness (QED) is 0.653. The highest BCUT2D eigenvalue weighted by Gasteiger charge is 2.31. The van der Waals surface area contributed by atoms with Crippen molar-refractivity contribution >= 4 is 0 Å². The molecule has 0 amide bonds. The van der Waals surface area contributed by atoms with Gasteiger partial charge in [-0.05, 0) is 27.7 Å². The topological polar surface area (TPSA) is 15.3 Å². The summed E-state index contributed by atoms with van der Waals surface area (Å²) >= 11 is 0. The van der Waals surface area contributed by atoms with Crippen molar-refractivity contribution in [3.05, 3.63) is 12.7 Å². The van der Waals surface area contributed by atoms with E-state index in [9.17, 15) is 0 Å². The zero-order valence-electron chi connectivity index (χ0n) is 9.30. The molecule has 1 heterocycles. The van der Waals surface area contributed by atoms with Crippen molar-refractivity contribution < 1.29 is 0 Å². The maximum absolute atomic E-state index is 3.86. The molecule has 0 spiro atoms. The van der Waals surface area contributed by atoms with Crippen LogP contribution >= 0.6 is 0 Å². The summed E-state index contributed by atoms with van der Waals surface area (Å²) in [5.74, 6) is 0. The molecule has 76 valence electrons. The lowest BCUT2D eigenvalue weighted by atomic mass is 9.98. The Hall–Kier alpha value is -0.340. The molecule has 0 saturated carbocycles. The first kappa shape index (κ1) is 10.7. The second-order valence-corrected chi connectivity index (χ2v) is 4.76. The number of nitrogens with zero attached hydrogens (tertiary/aromatic N) is 1. The van der Waals surface area contributed by atoms with Crippen molar-refractivity contribution in [3.8, 4) is 0 Å². The van der Waals surface area contributed by atoms with Crippen molar-refractivity contribution in [3.63, 3.8) is 0 Å². The van der Waals surface area contributed by atoms with Crippen molar-refractivity contribution in [2.75, 3.05) is 13.1 Å². The minimum Gasteiger partial charge on any atom is -0.309 e. The average Bonchev–Trinajstić information content (AvgIpc) is 2.08. The van der Waals surface area contributed by atoms with Gasteiger partial charge in [0.1, 0.15) is 0 Å². The lowest BCUT2D eigenvalue weighted by Gasteiger charge is -2.45. The van der Waals surface area contributed by atoms with Gasteiger partial charge >= 0.3 is 0 Å². The summed E-state index contributed by atoms with van der Waals surface area (Å²) in [6, 6.07) is 1.09. The minimum absolute atomic E-state index is 0.240. The van der Waals surface area contributed by atoms with Crippen LogP contribution < -0.4 is 5.32 Å². The zero-order valence-corrected chi connectivity index (χ0v) is 9.30. The third-order valence-electron chi connectivity index (χ3n) is 2.88. The summed E-state index contributed by atoms with van der Waals surface area (Å²) in [6.45, 7) is 15.0. The van der Waals surface area contributed by atoms with Crippen molar-refractivity contribution in [1.82, 2.24) is 10.2 Å². The van der Waals surface area contributed by atoms with E-state index in [1.165, 1.54) is 0 Å². The van der Waals surface area contributed by atoms with E-state index in [1.807, 2.05) is 6.08 Å². The third kappa shape index (κ3) is 2.55. The minimum atomic E-state index is 0.240. The number of piperazine rings is 1. The molecule has 1 aliphatic heterocycles. The third-order valence-corrected chi connectivity index (χ3v) is 2.88. The molecular weight excluding hydrogens is 160 g/mol. The van der Waals surface area contributed by atoms with Crippen molar-refractivity contribution in [1.29, 1.82) is 0 Å². The first-order chi connectivity index (χ1) is 5.96. The summed E-state index contributed by atoms with van der Waals surface area (Å²) in [6.07, 6.45) is 2.03. The van der Waals surface area contributed by atoms with Gasteiger partial charge < -0.3 is 5.32 Å². The predicted molar refractivity (Wildman–Crippen MR) is 57.9 cm³/mol. The molecule has 0 aromatic rings. The Morgan fingerprint density at radius 2 is 2.23 bits per heavy atom. The summed E-state index contributed by atoms with van der Waals surface area (Å²) in [7, 11) is 0. The molecule has 0 aromatic carbocycles. The Labute approximate surface area is 82.0 Å². The van der Waals surface area contributed by atoms with Gasteiger partial charge in [-0.15, -0.1) is 6.58 Å². The van der Waals surface area contributed by atoms with Gasteiger partial charge in [-0.2, -0.15) is 0 Å². The summed E-state index contributed by atoms with van der Waals surface area (Å²) in [5.41, 5.74) is 0.240. The lowest BCUT2D eigenvalue weighted by molar-refractivity contribution is 0.0862. The number of rotatable bonds is 2. The summed E-state index contributed by atoms with van der Waals surface area (Å²) in [4.78, 5) is 2.50. The molecule has 13 heavy (non-hydrogen) atoms. The van der Waals surface area contributed by atoms with Crippen molar-refractivity contribution in [2.45, 2.75) is 45.3 Å². The molecule has 1 rings (SSSR count). The van der Waals surface area contributed by atoms with Gasteiger partial charge in [0.05, 0.1) is 0 Å². The Morgan fingerprint density at radius 1 is 1.62 bits per heavy atom. The standard InChI is InChI=1S/C11H22N2/c1-6-9(2)13-8-11(4,5)12-7-10(13)3/h6,9-10,12H,1,7-8H2,2-5H3. The second kappa shape index (κ2) is 3.81. The van der Waals surface area contributed by atoms with Gasteiger partial charge in [-0.1, -0.05) is 6.08 Å². The predicted octanol–water partition coefficient (Wildman–Crippen LogP) is 1.63. The zero-order chi connectivity index (χ0) is 10.1. The first-order valence-corrected chi connectivity index (χ1v) is 5.09. The van der Waals surface area contributed by atoms with Crippen LogP contribution in [0.25, 0.3) is 0 Å². The molecule has 0 aromatic heterocycles. The fourth-order valence-corrected chi connectivity index (χ4v) is 1.89. The number of hydrogen-bond donors (Lipinski definition) is 1. The molecule has 2 atom stereocenters. The lowest BCUT2D eigenvalue weighted by Crippen LogP contribution is -2.62. The van der Waals surface area contributed by atoms with Crippen LogP contribution in [0, 0.1) is 0 Å². The van der Waals surface area contributed by atoms with E-state index in [1.54, 1.807) is 0 Å². The normalized spacial score (nSPS) is 31.2. The molecule has 2 unspecified atom stereocenters. The van der Waals surface area contributed by atoms with Gasteiger partial charge in [-0.25, -0.2) is 0 Å². The maximum Gasteiger partial charge on any atom is 0.0253 e. The molecule has 1 saturated heterocycles. The largest absolute Gasteiger partial charge is 0.309 e. The Morgan fingerprint density at radius 3 is 2.77 bits per heavy atom. The molecule has 0 radical (unpaired) electrons. The SMILES string of the molecule is C=CC(C)N1CC(C)(C)NCC1C. The molecular formula is C11H22N2. The molecule has 1 aliphatic rings. The van der Waals surface area contributed by atoms with Crippen LogP contribution in [0.5, 0.6) is 0 Å².